The van der Waals surface area contributed by atoms with Crippen LogP contribution in [0.25, 0.3) is 0 Å². The number of ether oxygens (including phenoxy) is 1. The summed E-state index contributed by atoms with van der Waals surface area (Å²) in [6, 6.07) is 0. The van der Waals surface area contributed by atoms with Crippen molar-refractivity contribution in [3.8, 4) is 0 Å². The van der Waals surface area contributed by atoms with Crippen molar-refractivity contribution in [2.24, 2.45) is 5.41 Å². The van der Waals surface area contributed by atoms with Crippen molar-refractivity contribution >= 4 is 5.97 Å². The van der Waals surface area contributed by atoms with Gasteiger partial charge in [-0.15, -0.1) is 0 Å². The Kier molecular flexibility index (Phi) is 4.32. The van der Waals surface area contributed by atoms with E-state index in [1.165, 1.54) is 6.92 Å². The van der Waals surface area contributed by atoms with Crippen LogP contribution in [0.4, 0.5) is 30.7 Å². The van der Waals surface area contributed by atoms with Gasteiger partial charge in [0, 0.05) is 0 Å². The average Bonchev–Trinajstić information content (AvgIpc) is 2.14. The number of rotatable bonds is 4. The highest BCUT2D eigenvalue weighted by Gasteiger charge is 2.76. The van der Waals surface area contributed by atoms with Gasteiger partial charge in [0.05, 0.1) is 5.41 Å². The van der Waals surface area contributed by atoms with Crippen LogP contribution in [0.15, 0.2) is 0 Å². The second-order valence-electron chi connectivity index (χ2n) is 4.22. The number of hydrogen-bond acceptors (Lipinski definition) is 2. The SMILES string of the molecule is CCC(C)(C)C(=O)OC(F)(F)C(F)(F)C(F)(F)F. The van der Waals surface area contributed by atoms with Crippen molar-refractivity contribution in [2.75, 3.05) is 0 Å². The van der Waals surface area contributed by atoms with Gasteiger partial charge in [-0.25, -0.2) is 0 Å². The minimum atomic E-state index is -6.52. The van der Waals surface area contributed by atoms with Crippen molar-refractivity contribution in [1.29, 1.82) is 0 Å². The quantitative estimate of drug-likeness (QED) is 0.580. The highest BCUT2D eigenvalue weighted by molar-refractivity contribution is 5.76. The molecule has 18 heavy (non-hydrogen) atoms. The molecule has 0 aliphatic carbocycles. The van der Waals surface area contributed by atoms with Gasteiger partial charge in [-0.05, 0) is 20.3 Å². The summed E-state index contributed by atoms with van der Waals surface area (Å²) in [5.41, 5.74) is -1.59. The average molecular weight is 284 g/mol. The Morgan fingerprint density at radius 2 is 1.39 bits per heavy atom. The smallest absolute Gasteiger partial charge is 0.396 e. The van der Waals surface area contributed by atoms with Gasteiger partial charge in [0.25, 0.3) is 0 Å². The first-order valence-electron chi connectivity index (χ1n) is 4.75. The van der Waals surface area contributed by atoms with E-state index in [0.717, 1.165) is 13.8 Å². The second kappa shape index (κ2) is 4.58. The van der Waals surface area contributed by atoms with Crippen molar-refractivity contribution in [1.82, 2.24) is 0 Å². The molecule has 0 amide bonds. The fourth-order valence-corrected chi connectivity index (χ4v) is 0.628. The topological polar surface area (TPSA) is 26.3 Å². The lowest BCUT2D eigenvalue weighted by Gasteiger charge is -2.30. The monoisotopic (exact) mass is 284 g/mol. The Bertz CT molecular complexity index is 319. The van der Waals surface area contributed by atoms with Crippen molar-refractivity contribution in [3.63, 3.8) is 0 Å². The van der Waals surface area contributed by atoms with E-state index in [4.69, 9.17) is 0 Å². The summed E-state index contributed by atoms with van der Waals surface area (Å²) in [5, 5.41) is 0. The van der Waals surface area contributed by atoms with Gasteiger partial charge in [-0.1, -0.05) is 6.92 Å². The second-order valence-corrected chi connectivity index (χ2v) is 4.22. The minimum absolute atomic E-state index is 0.0699. The van der Waals surface area contributed by atoms with Gasteiger partial charge in [0.15, 0.2) is 0 Å². The Labute approximate surface area is 98.1 Å². The number of esters is 1. The molecule has 0 atom stereocenters. The summed E-state index contributed by atoms with van der Waals surface area (Å²) in [5.74, 6) is -8.28. The zero-order valence-electron chi connectivity index (χ0n) is 9.67. The molecule has 2 nitrogen and oxygen atoms in total. The largest absolute Gasteiger partial charge is 0.476 e. The molecule has 9 heteroatoms. The van der Waals surface area contributed by atoms with Gasteiger partial charge < -0.3 is 4.74 Å². The Balaban J connectivity index is 5.15. The van der Waals surface area contributed by atoms with Gasteiger partial charge in [-0.3, -0.25) is 4.79 Å². The van der Waals surface area contributed by atoms with Crippen LogP contribution in [0.2, 0.25) is 0 Å². The molecule has 0 saturated heterocycles. The van der Waals surface area contributed by atoms with Crippen LogP contribution in [-0.2, 0) is 9.53 Å². The summed E-state index contributed by atoms with van der Waals surface area (Å²) >= 11 is 0. The summed E-state index contributed by atoms with van der Waals surface area (Å²) in [4.78, 5) is 11.1. The van der Waals surface area contributed by atoms with Crippen LogP contribution in [0, 0.1) is 5.41 Å². The summed E-state index contributed by atoms with van der Waals surface area (Å²) < 4.78 is 88.5. The van der Waals surface area contributed by atoms with Crippen molar-refractivity contribution in [2.45, 2.75) is 45.4 Å². The van der Waals surface area contributed by atoms with E-state index in [9.17, 15) is 35.5 Å². The molecule has 0 rings (SSSR count). The van der Waals surface area contributed by atoms with Gasteiger partial charge in [0.2, 0.25) is 0 Å². The minimum Gasteiger partial charge on any atom is -0.396 e. The zero-order valence-corrected chi connectivity index (χ0v) is 9.67. The third-order valence-electron chi connectivity index (χ3n) is 2.38. The molecular formula is C9H11F7O2. The lowest BCUT2D eigenvalue weighted by molar-refractivity contribution is -0.413. The molecule has 0 aliphatic rings. The molecule has 0 unspecified atom stereocenters. The predicted molar refractivity (Wildman–Crippen MR) is 46.1 cm³/mol. The Morgan fingerprint density at radius 3 is 1.67 bits per heavy atom. The molecule has 0 radical (unpaired) electrons. The van der Waals surface area contributed by atoms with Crippen molar-refractivity contribution in [3.05, 3.63) is 0 Å². The normalized spacial score (nSPS) is 14.6. The maximum Gasteiger partial charge on any atom is 0.476 e. The number of carbonyl (C=O) groups is 1. The Morgan fingerprint density at radius 1 is 1.00 bits per heavy atom. The van der Waals surface area contributed by atoms with E-state index >= 15 is 0 Å². The number of alkyl halides is 7. The first kappa shape index (κ1) is 17.0. The van der Waals surface area contributed by atoms with Gasteiger partial charge >= 0.3 is 24.2 Å². The predicted octanol–water partition coefficient (Wildman–Crippen LogP) is 3.76. The van der Waals surface area contributed by atoms with Gasteiger partial charge in [-0.2, -0.15) is 30.7 Å². The fraction of sp³-hybridized carbons (Fsp3) is 0.889. The van der Waals surface area contributed by atoms with Crippen LogP contribution in [0.5, 0.6) is 0 Å². The third kappa shape index (κ3) is 3.05. The lowest BCUT2D eigenvalue weighted by Crippen LogP contribution is -2.55. The molecule has 0 aromatic rings. The zero-order chi connectivity index (χ0) is 15.0. The van der Waals surface area contributed by atoms with E-state index in [1.807, 2.05) is 0 Å². The molecule has 0 fully saturated rings. The third-order valence-corrected chi connectivity index (χ3v) is 2.38. The van der Waals surface area contributed by atoms with Crippen LogP contribution in [0.1, 0.15) is 27.2 Å². The van der Waals surface area contributed by atoms with Crippen LogP contribution in [-0.4, -0.2) is 24.2 Å². The van der Waals surface area contributed by atoms with Crippen LogP contribution >= 0.6 is 0 Å². The summed E-state index contributed by atoms with van der Waals surface area (Å²) in [6.07, 6.45) is -12.5. The highest BCUT2D eigenvalue weighted by Crippen LogP contribution is 2.47. The molecule has 0 saturated carbocycles. The first-order chi connectivity index (χ1) is 7.69. The van der Waals surface area contributed by atoms with Crippen molar-refractivity contribution < 1.29 is 40.3 Å². The molecule has 0 aromatic carbocycles. The maximum atomic E-state index is 12.7. The molecular weight excluding hydrogens is 273 g/mol. The highest BCUT2D eigenvalue weighted by atomic mass is 19.4. The maximum absolute atomic E-state index is 12.7. The molecule has 0 bridgehead atoms. The lowest BCUT2D eigenvalue weighted by atomic mass is 9.91. The summed E-state index contributed by atoms with van der Waals surface area (Å²) in [6.45, 7) is 3.52. The van der Waals surface area contributed by atoms with Gasteiger partial charge in [0.1, 0.15) is 0 Å². The standard InChI is InChI=1S/C9H11F7O2/c1-4-6(2,3)5(17)18-9(15,16)7(10,11)8(12,13)14/h4H2,1-3H3. The molecule has 0 N–H and O–H groups in total. The number of halogens is 7. The van der Waals surface area contributed by atoms with E-state index in [2.05, 4.69) is 4.74 Å². The number of hydrogen-bond donors (Lipinski definition) is 0. The first-order valence-corrected chi connectivity index (χ1v) is 4.75. The molecule has 108 valence electrons. The molecule has 0 spiro atoms. The fourth-order valence-electron chi connectivity index (χ4n) is 0.628. The Hall–Kier alpha value is -1.02. The molecule has 0 aromatic heterocycles. The summed E-state index contributed by atoms with van der Waals surface area (Å²) in [7, 11) is 0. The van der Waals surface area contributed by atoms with E-state index < -0.39 is 29.6 Å². The molecule has 0 aliphatic heterocycles. The van der Waals surface area contributed by atoms with E-state index in [-0.39, 0.29) is 6.42 Å². The molecule has 0 heterocycles. The van der Waals surface area contributed by atoms with Crippen LogP contribution < -0.4 is 0 Å². The van der Waals surface area contributed by atoms with E-state index in [0.29, 0.717) is 0 Å². The number of carbonyl (C=O) groups excluding carboxylic acids is 1. The van der Waals surface area contributed by atoms with E-state index in [1.54, 1.807) is 0 Å². The van der Waals surface area contributed by atoms with Crippen LogP contribution in [0.3, 0.4) is 0 Å².